The van der Waals surface area contributed by atoms with Crippen LogP contribution in [0.5, 0.6) is 0 Å². The summed E-state index contributed by atoms with van der Waals surface area (Å²) in [5.41, 5.74) is 7.73. The number of nitro groups is 1. The summed E-state index contributed by atoms with van der Waals surface area (Å²) >= 11 is 0. The maximum absolute atomic E-state index is 12.3. The number of anilines is 2. The van der Waals surface area contributed by atoms with Crippen molar-refractivity contribution in [2.75, 3.05) is 10.7 Å². The van der Waals surface area contributed by atoms with Crippen molar-refractivity contribution >= 4 is 40.4 Å². The number of carbonyl (C=O) groups excluding carboxylic acids is 3. The zero-order valence-electron chi connectivity index (χ0n) is 14.1. The van der Waals surface area contributed by atoms with Gasteiger partial charge in [-0.05, 0) is 24.3 Å². The van der Waals surface area contributed by atoms with Crippen molar-refractivity contribution in [3.8, 4) is 0 Å². The molecule has 0 unspecified atom stereocenters. The summed E-state index contributed by atoms with van der Waals surface area (Å²) < 4.78 is 0. The number of hydrogen-bond acceptors (Lipinski definition) is 7. The van der Waals surface area contributed by atoms with E-state index in [-0.39, 0.29) is 16.9 Å². The Morgan fingerprint density at radius 3 is 2.37 bits per heavy atom. The van der Waals surface area contributed by atoms with E-state index >= 15 is 0 Å². The molecular weight excluding hydrogens is 354 g/mol. The Bertz CT molecular complexity index is 954. The van der Waals surface area contributed by atoms with Crippen LogP contribution in [0.15, 0.2) is 53.6 Å². The molecule has 10 heteroatoms. The normalized spacial score (nSPS) is 10.8. The third-order valence-electron chi connectivity index (χ3n) is 3.31. The number of Topliss-reactive ketones (excluding diaryl/α,β-unsaturated/α-hetero) is 1. The van der Waals surface area contributed by atoms with Gasteiger partial charge in [0.1, 0.15) is 0 Å². The van der Waals surface area contributed by atoms with Gasteiger partial charge in [-0.15, -0.1) is 0 Å². The van der Waals surface area contributed by atoms with Gasteiger partial charge in [0, 0.05) is 30.3 Å². The monoisotopic (exact) mass is 369 g/mol. The predicted molar refractivity (Wildman–Crippen MR) is 98.4 cm³/mol. The number of nitrogens with zero attached hydrogens (tertiary/aromatic N) is 2. The zero-order valence-corrected chi connectivity index (χ0v) is 14.1. The molecule has 0 aliphatic heterocycles. The molecule has 0 atom stereocenters. The van der Waals surface area contributed by atoms with Crippen LogP contribution in [0.25, 0.3) is 0 Å². The minimum Gasteiger partial charge on any atom is -0.366 e. The lowest BCUT2D eigenvalue weighted by Gasteiger charge is -2.07. The van der Waals surface area contributed by atoms with E-state index in [1.54, 1.807) is 12.1 Å². The van der Waals surface area contributed by atoms with E-state index in [1.807, 2.05) is 0 Å². The lowest BCUT2D eigenvalue weighted by Crippen LogP contribution is -2.29. The van der Waals surface area contributed by atoms with Crippen LogP contribution in [0.2, 0.25) is 0 Å². The van der Waals surface area contributed by atoms with Gasteiger partial charge >= 0.3 is 0 Å². The van der Waals surface area contributed by atoms with Crippen LogP contribution in [0.3, 0.4) is 0 Å². The van der Waals surface area contributed by atoms with Crippen molar-refractivity contribution < 1.29 is 19.3 Å². The summed E-state index contributed by atoms with van der Waals surface area (Å²) in [6.07, 6.45) is 0. The molecule has 0 fully saturated rings. The van der Waals surface area contributed by atoms with Crippen molar-refractivity contribution in [3.63, 3.8) is 0 Å². The van der Waals surface area contributed by atoms with Crippen LogP contribution < -0.4 is 16.5 Å². The first-order chi connectivity index (χ1) is 12.8. The van der Waals surface area contributed by atoms with E-state index in [9.17, 15) is 24.5 Å². The molecule has 0 radical (unpaired) electrons. The average molecular weight is 369 g/mol. The average Bonchev–Trinajstić information content (AvgIpc) is 2.62. The summed E-state index contributed by atoms with van der Waals surface area (Å²) in [5, 5.41) is 16.9. The number of rotatable bonds is 7. The highest BCUT2D eigenvalue weighted by molar-refractivity contribution is 6.67. The second kappa shape index (κ2) is 8.34. The SMILES string of the molecule is CC(=O)/C(=N/Nc1cccc(C(N)=O)c1)C(=O)Nc1cccc([N+](=O)[O-])c1. The number of non-ortho nitro benzene ring substituents is 1. The van der Waals surface area contributed by atoms with Crippen molar-refractivity contribution in [2.45, 2.75) is 6.92 Å². The predicted octanol–water partition coefficient (Wildman–Crippen LogP) is 1.69. The van der Waals surface area contributed by atoms with E-state index in [0.29, 0.717) is 5.69 Å². The van der Waals surface area contributed by atoms with Crippen LogP contribution >= 0.6 is 0 Å². The fraction of sp³-hybridized carbons (Fsp3) is 0.0588. The van der Waals surface area contributed by atoms with Gasteiger partial charge in [0.25, 0.3) is 11.6 Å². The lowest BCUT2D eigenvalue weighted by atomic mass is 10.2. The maximum atomic E-state index is 12.3. The standard InChI is InChI=1S/C17H15N5O5/c1-10(23)15(21-20-13-6-2-4-11(8-13)16(18)24)17(25)19-12-5-3-7-14(9-12)22(26)27/h2-9,20H,1H3,(H2,18,24)(H,19,25)/b21-15-. The first-order valence-corrected chi connectivity index (χ1v) is 7.58. The highest BCUT2D eigenvalue weighted by Gasteiger charge is 2.18. The molecule has 0 saturated heterocycles. The van der Waals surface area contributed by atoms with Crippen molar-refractivity contribution in [3.05, 3.63) is 64.2 Å². The molecule has 0 aliphatic rings. The summed E-state index contributed by atoms with van der Waals surface area (Å²) in [6.45, 7) is 1.15. The van der Waals surface area contributed by atoms with Gasteiger partial charge in [-0.3, -0.25) is 29.9 Å². The lowest BCUT2D eigenvalue weighted by molar-refractivity contribution is -0.384. The first kappa shape index (κ1) is 19.2. The zero-order chi connectivity index (χ0) is 20.0. The van der Waals surface area contributed by atoms with Gasteiger partial charge in [-0.1, -0.05) is 12.1 Å². The van der Waals surface area contributed by atoms with Crippen molar-refractivity contribution in [1.29, 1.82) is 0 Å². The van der Waals surface area contributed by atoms with Gasteiger partial charge in [0.05, 0.1) is 10.6 Å². The second-order valence-corrected chi connectivity index (χ2v) is 5.34. The topological polar surface area (TPSA) is 157 Å². The van der Waals surface area contributed by atoms with Crippen LogP contribution in [0.4, 0.5) is 17.1 Å². The van der Waals surface area contributed by atoms with Gasteiger partial charge in [-0.25, -0.2) is 0 Å². The fourth-order valence-corrected chi connectivity index (χ4v) is 2.04. The number of carbonyl (C=O) groups is 3. The Morgan fingerprint density at radius 2 is 1.74 bits per heavy atom. The molecule has 0 aliphatic carbocycles. The van der Waals surface area contributed by atoms with Gasteiger partial charge in [0.2, 0.25) is 5.91 Å². The fourth-order valence-electron chi connectivity index (χ4n) is 2.04. The smallest absolute Gasteiger partial charge is 0.279 e. The molecule has 2 rings (SSSR count). The van der Waals surface area contributed by atoms with Crippen molar-refractivity contribution in [2.24, 2.45) is 10.8 Å². The number of ketones is 1. The van der Waals surface area contributed by atoms with E-state index < -0.39 is 28.2 Å². The minimum absolute atomic E-state index is 0.138. The van der Waals surface area contributed by atoms with Gasteiger partial charge in [-0.2, -0.15) is 5.10 Å². The van der Waals surface area contributed by atoms with E-state index in [4.69, 9.17) is 5.73 Å². The molecule has 0 spiro atoms. The Kier molecular flexibility index (Phi) is 5.94. The van der Waals surface area contributed by atoms with Crippen LogP contribution in [0, 0.1) is 10.1 Å². The highest BCUT2D eigenvalue weighted by atomic mass is 16.6. The molecule has 10 nitrogen and oxygen atoms in total. The largest absolute Gasteiger partial charge is 0.366 e. The number of nitrogens with two attached hydrogens (primary N) is 1. The van der Waals surface area contributed by atoms with Crippen molar-refractivity contribution in [1.82, 2.24) is 0 Å². The number of hydrazone groups is 1. The molecule has 4 N–H and O–H groups in total. The van der Waals surface area contributed by atoms with E-state index in [1.165, 1.54) is 30.3 Å². The molecule has 2 amide bonds. The van der Waals surface area contributed by atoms with Gasteiger partial charge < -0.3 is 11.1 Å². The summed E-state index contributed by atoms with van der Waals surface area (Å²) in [4.78, 5) is 45.4. The van der Waals surface area contributed by atoms with Crippen LogP contribution in [-0.2, 0) is 9.59 Å². The summed E-state index contributed by atoms with van der Waals surface area (Å²) in [5.74, 6) is -2.11. The molecule has 0 saturated carbocycles. The van der Waals surface area contributed by atoms with Gasteiger partial charge in [0.15, 0.2) is 11.5 Å². The third-order valence-corrected chi connectivity index (χ3v) is 3.31. The highest BCUT2D eigenvalue weighted by Crippen LogP contribution is 2.17. The van der Waals surface area contributed by atoms with Crippen LogP contribution in [-0.4, -0.2) is 28.2 Å². The Morgan fingerprint density at radius 1 is 1.07 bits per heavy atom. The summed E-state index contributed by atoms with van der Waals surface area (Å²) in [6, 6.07) is 11.3. The third kappa shape index (κ3) is 5.19. The Balaban J connectivity index is 2.20. The number of benzene rings is 2. The molecule has 0 bridgehead atoms. The number of nitro benzene ring substituents is 1. The molecule has 138 valence electrons. The Hall–Kier alpha value is -4.08. The molecule has 27 heavy (non-hydrogen) atoms. The molecule has 2 aromatic rings. The number of amides is 2. The number of primary amides is 1. The second-order valence-electron chi connectivity index (χ2n) is 5.34. The number of hydrogen-bond donors (Lipinski definition) is 3. The molecule has 0 aromatic heterocycles. The van der Waals surface area contributed by atoms with E-state index in [0.717, 1.165) is 13.0 Å². The molecule has 0 heterocycles. The Labute approximate surface area is 153 Å². The summed E-state index contributed by atoms with van der Waals surface area (Å²) in [7, 11) is 0. The minimum atomic E-state index is -0.846. The first-order valence-electron chi connectivity index (χ1n) is 7.58. The number of nitrogens with one attached hydrogen (secondary N) is 2. The molecular formula is C17H15N5O5. The maximum Gasteiger partial charge on any atom is 0.279 e. The van der Waals surface area contributed by atoms with E-state index in [2.05, 4.69) is 15.8 Å². The quantitative estimate of drug-likeness (QED) is 0.292. The molecule has 2 aromatic carbocycles. The van der Waals surface area contributed by atoms with Crippen LogP contribution in [0.1, 0.15) is 17.3 Å².